The second-order valence-corrected chi connectivity index (χ2v) is 6.73. The van der Waals surface area contributed by atoms with Gasteiger partial charge < -0.3 is 15.3 Å². The Bertz CT molecular complexity index is 1150. The molecule has 0 saturated carbocycles. The molecule has 0 fully saturated rings. The first-order valence-electron chi connectivity index (χ1n) is 8.57. The van der Waals surface area contributed by atoms with Crippen LogP contribution in [0.15, 0.2) is 59.4 Å². The Kier molecular flexibility index (Phi) is 3.84. The monoisotopic (exact) mass is 345 g/mol. The zero-order valence-corrected chi connectivity index (χ0v) is 14.6. The van der Waals surface area contributed by atoms with E-state index in [1.54, 1.807) is 12.1 Å². The van der Waals surface area contributed by atoms with Gasteiger partial charge in [0.2, 0.25) is 5.56 Å². The third-order valence-electron chi connectivity index (χ3n) is 4.53. The lowest BCUT2D eigenvalue weighted by Crippen LogP contribution is -2.13. The van der Waals surface area contributed by atoms with E-state index in [0.717, 1.165) is 27.4 Å². The van der Waals surface area contributed by atoms with Gasteiger partial charge in [0.1, 0.15) is 5.69 Å². The quantitative estimate of drug-likeness (QED) is 0.515. The summed E-state index contributed by atoms with van der Waals surface area (Å²) in [6.45, 7) is 4.11. The zero-order chi connectivity index (χ0) is 18.3. The van der Waals surface area contributed by atoms with Crippen molar-refractivity contribution >= 4 is 33.4 Å². The third-order valence-corrected chi connectivity index (χ3v) is 4.53. The van der Waals surface area contributed by atoms with Crippen molar-refractivity contribution in [1.29, 1.82) is 0 Å². The Morgan fingerprint density at radius 2 is 1.77 bits per heavy atom. The molecule has 2 aromatic heterocycles. The van der Waals surface area contributed by atoms with E-state index in [0.29, 0.717) is 11.4 Å². The molecule has 2 aromatic carbocycles. The fourth-order valence-corrected chi connectivity index (χ4v) is 3.24. The van der Waals surface area contributed by atoms with Crippen LogP contribution in [-0.4, -0.2) is 15.9 Å². The maximum Gasteiger partial charge on any atom is 0.272 e. The number of anilines is 1. The third kappa shape index (κ3) is 2.88. The minimum absolute atomic E-state index is 0.139. The highest BCUT2D eigenvalue weighted by atomic mass is 16.2. The first kappa shape index (κ1) is 16.1. The number of carbonyl (C=O) groups is 1. The summed E-state index contributed by atoms with van der Waals surface area (Å²) < 4.78 is 0. The average Bonchev–Trinajstić information content (AvgIpc) is 3.05. The van der Waals surface area contributed by atoms with Crippen molar-refractivity contribution in [2.24, 2.45) is 0 Å². The summed E-state index contributed by atoms with van der Waals surface area (Å²) in [6, 6.07) is 16.8. The number of para-hydroxylation sites is 1. The number of rotatable bonds is 3. The summed E-state index contributed by atoms with van der Waals surface area (Å²) in [5.41, 5.74) is 3.63. The highest BCUT2D eigenvalue weighted by Gasteiger charge is 2.12. The maximum atomic E-state index is 12.5. The predicted octanol–water partition coefficient (Wildman–Crippen LogP) is 4.39. The number of hydrogen-bond donors (Lipinski definition) is 3. The van der Waals surface area contributed by atoms with Crippen LogP contribution in [0.25, 0.3) is 21.8 Å². The van der Waals surface area contributed by atoms with Gasteiger partial charge in [-0.2, -0.15) is 0 Å². The average molecular weight is 345 g/mol. The lowest BCUT2D eigenvalue weighted by molar-refractivity contribution is 0.102. The van der Waals surface area contributed by atoms with E-state index in [1.165, 1.54) is 0 Å². The van der Waals surface area contributed by atoms with Crippen molar-refractivity contribution in [1.82, 2.24) is 9.97 Å². The number of nitrogens with one attached hydrogen (secondary N) is 3. The van der Waals surface area contributed by atoms with Crippen LogP contribution in [0.4, 0.5) is 5.69 Å². The van der Waals surface area contributed by atoms with Gasteiger partial charge in [-0.25, -0.2) is 0 Å². The summed E-state index contributed by atoms with van der Waals surface area (Å²) >= 11 is 0. The topological polar surface area (TPSA) is 77.8 Å². The molecule has 0 aliphatic carbocycles. The van der Waals surface area contributed by atoms with Gasteiger partial charge in [0.25, 0.3) is 5.91 Å². The van der Waals surface area contributed by atoms with Crippen LogP contribution in [0.2, 0.25) is 0 Å². The van der Waals surface area contributed by atoms with Crippen LogP contribution in [0, 0.1) is 0 Å². The van der Waals surface area contributed by atoms with Crippen LogP contribution in [0.3, 0.4) is 0 Å². The summed E-state index contributed by atoms with van der Waals surface area (Å²) in [7, 11) is 0. The predicted molar refractivity (Wildman–Crippen MR) is 105 cm³/mol. The van der Waals surface area contributed by atoms with Crippen LogP contribution in [0.1, 0.15) is 35.8 Å². The van der Waals surface area contributed by atoms with E-state index in [2.05, 4.69) is 29.1 Å². The number of hydrogen-bond acceptors (Lipinski definition) is 2. The lowest BCUT2D eigenvalue weighted by atomic mass is 9.99. The normalized spacial score (nSPS) is 11.3. The minimum Gasteiger partial charge on any atom is -0.351 e. The molecule has 3 N–H and O–H groups in total. The minimum atomic E-state index is -0.220. The molecule has 5 nitrogen and oxygen atoms in total. The van der Waals surface area contributed by atoms with Gasteiger partial charge in [-0.1, -0.05) is 38.1 Å². The molecule has 0 radical (unpaired) electrons. The number of benzene rings is 2. The molecule has 5 heteroatoms. The Labute approximate surface area is 150 Å². The summed E-state index contributed by atoms with van der Waals surface area (Å²) in [4.78, 5) is 30.4. The molecule has 2 heterocycles. The fourth-order valence-electron chi connectivity index (χ4n) is 3.24. The number of aromatic amines is 2. The standard InChI is InChI=1S/C21H19N3O2/c1-12(2)16-11-20(25)24-18-10-14(7-8-15(16)18)22-21(26)19-9-13-5-3-4-6-17(13)23-19/h3-12,23H,1-2H3,(H,22,26)(H,24,25). The molecule has 4 aromatic rings. The summed E-state index contributed by atoms with van der Waals surface area (Å²) in [5.74, 6) is 0.0227. The molecule has 0 unspecified atom stereocenters. The van der Waals surface area contributed by atoms with E-state index < -0.39 is 0 Å². The van der Waals surface area contributed by atoms with Crippen LogP contribution in [0.5, 0.6) is 0 Å². The van der Waals surface area contributed by atoms with Crippen molar-refractivity contribution in [3.63, 3.8) is 0 Å². The first-order chi connectivity index (χ1) is 12.5. The van der Waals surface area contributed by atoms with Gasteiger partial charge in [-0.3, -0.25) is 9.59 Å². The zero-order valence-electron chi connectivity index (χ0n) is 14.6. The molecule has 4 rings (SSSR count). The van der Waals surface area contributed by atoms with Gasteiger partial charge >= 0.3 is 0 Å². The number of aromatic nitrogens is 2. The number of fused-ring (bicyclic) bond motifs is 2. The molecule has 0 aliphatic heterocycles. The van der Waals surface area contributed by atoms with Crippen LogP contribution in [-0.2, 0) is 0 Å². The first-order valence-corrected chi connectivity index (χ1v) is 8.57. The second-order valence-electron chi connectivity index (χ2n) is 6.73. The lowest BCUT2D eigenvalue weighted by Gasteiger charge is -2.11. The molecular formula is C21H19N3O2. The van der Waals surface area contributed by atoms with Gasteiger partial charge in [0.05, 0.1) is 5.52 Å². The number of amides is 1. The molecule has 0 atom stereocenters. The fraction of sp³-hybridized carbons (Fsp3) is 0.143. The van der Waals surface area contributed by atoms with Crippen LogP contribution < -0.4 is 10.9 Å². The van der Waals surface area contributed by atoms with Gasteiger partial charge in [-0.05, 0) is 35.7 Å². The van der Waals surface area contributed by atoms with Crippen molar-refractivity contribution in [3.8, 4) is 0 Å². The molecule has 0 aliphatic rings. The molecule has 0 bridgehead atoms. The Balaban J connectivity index is 1.68. The van der Waals surface area contributed by atoms with Gasteiger partial charge in [0, 0.05) is 28.0 Å². The van der Waals surface area contributed by atoms with E-state index in [1.807, 2.05) is 42.5 Å². The Morgan fingerprint density at radius 3 is 2.54 bits per heavy atom. The number of pyridine rings is 1. The van der Waals surface area contributed by atoms with Gasteiger partial charge in [-0.15, -0.1) is 0 Å². The molecular weight excluding hydrogens is 326 g/mol. The second kappa shape index (κ2) is 6.19. The van der Waals surface area contributed by atoms with Crippen molar-refractivity contribution < 1.29 is 4.79 Å². The van der Waals surface area contributed by atoms with E-state index in [9.17, 15) is 9.59 Å². The molecule has 130 valence electrons. The van der Waals surface area contributed by atoms with Crippen LogP contribution >= 0.6 is 0 Å². The highest BCUT2D eigenvalue weighted by Crippen LogP contribution is 2.25. The molecule has 0 saturated heterocycles. The van der Waals surface area contributed by atoms with Crippen molar-refractivity contribution in [2.75, 3.05) is 5.32 Å². The van der Waals surface area contributed by atoms with E-state index in [4.69, 9.17) is 0 Å². The van der Waals surface area contributed by atoms with Gasteiger partial charge in [0.15, 0.2) is 0 Å². The van der Waals surface area contributed by atoms with Crippen molar-refractivity contribution in [2.45, 2.75) is 19.8 Å². The highest BCUT2D eigenvalue weighted by molar-refractivity contribution is 6.06. The molecule has 1 amide bonds. The van der Waals surface area contributed by atoms with E-state index in [-0.39, 0.29) is 17.4 Å². The molecule has 26 heavy (non-hydrogen) atoms. The SMILES string of the molecule is CC(C)c1cc(=O)[nH]c2cc(NC(=O)c3cc4ccccc4[nH]3)ccc12. The smallest absolute Gasteiger partial charge is 0.272 e. The summed E-state index contributed by atoms with van der Waals surface area (Å²) in [6.07, 6.45) is 0. The maximum absolute atomic E-state index is 12.5. The van der Waals surface area contributed by atoms with E-state index >= 15 is 0 Å². The largest absolute Gasteiger partial charge is 0.351 e. The Morgan fingerprint density at radius 1 is 0.962 bits per heavy atom. The van der Waals surface area contributed by atoms with Crippen molar-refractivity contribution in [3.05, 3.63) is 76.2 Å². The summed E-state index contributed by atoms with van der Waals surface area (Å²) in [5, 5.41) is 4.86. The molecule has 0 spiro atoms. The number of H-pyrrole nitrogens is 2. The number of carbonyl (C=O) groups excluding carboxylic acids is 1. The Hall–Kier alpha value is -3.34.